The highest BCUT2D eigenvalue weighted by atomic mass is 32.1. The molecule has 0 spiro atoms. The normalized spacial score (nSPS) is 16.8. The Bertz CT molecular complexity index is 962. The third kappa shape index (κ3) is 3.18. The van der Waals surface area contributed by atoms with Crippen molar-refractivity contribution in [1.29, 1.82) is 0 Å². The molecule has 0 bridgehead atoms. The van der Waals surface area contributed by atoms with Crippen LogP contribution in [0.4, 0.5) is 4.39 Å². The molecule has 0 fully saturated rings. The van der Waals surface area contributed by atoms with Gasteiger partial charge in [-0.25, -0.2) is 9.37 Å². The predicted molar refractivity (Wildman–Crippen MR) is 97.0 cm³/mol. The SMILES string of the molecule is C[C@@H]1CCc2c(sc3ncn(CCOc4ccc(F)cc4)c(=O)c23)C1. The molecule has 1 atom stereocenters. The number of hydrogen-bond acceptors (Lipinski definition) is 4. The Morgan fingerprint density at radius 3 is 2.96 bits per heavy atom. The molecule has 0 saturated carbocycles. The van der Waals surface area contributed by atoms with Crippen LogP contribution < -0.4 is 10.3 Å². The van der Waals surface area contributed by atoms with Crippen molar-refractivity contribution in [2.75, 3.05) is 6.61 Å². The molecule has 130 valence electrons. The molecule has 0 unspecified atom stereocenters. The van der Waals surface area contributed by atoms with E-state index in [2.05, 4.69) is 11.9 Å². The van der Waals surface area contributed by atoms with Crippen LogP contribution in [0.3, 0.4) is 0 Å². The second kappa shape index (κ2) is 6.59. The fraction of sp³-hybridized carbons (Fsp3) is 0.368. The van der Waals surface area contributed by atoms with Gasteiger partial charge in [-0.3, -0.25) is 9.36 Å². The molecule has 0 aliphatic heterocycles. The van der Waals surface area contributed by atoms with E-state index in [0.29, 0.717) is 24.8 Å². The zero-order valence-corrected chi connectivity index (χ0v) is 14.8. The van der Waals surface area contributed by atoms with Gasteiger partial charge in [0.1, 0.15) is 23.0 Å². The van der Waals surface area contributed by atoms with Crippen LogP contribution in [0.1, 0.15) is 23.8 Å². The maximum atomic E-state index is 12.9. The molecule has 1 aromatic carbocycles. The van der Waals surface area contributed by atoms with Crippen molar-refractivity contribution in [3.63, 3.8) is 0 Å². The van der Waals surface area contributed by atoms with Crippen molar-refractivity contribution in [1.82, 2.24) is 9.55 Å². The van der Waals surface area contributed by atoms with Crippen molar-refractivity contribution in [2.24, 2.45) is 5.92 Å². The summed E-state index contributed by atoms with van der Waals surface area (Å²) in [7, 11) is 0. The summed E-state index contributed by atoms with van der Waals surface area (Å²) >= 11 is 1.66. The van der Waals surface area contributed by atoms with Crippen LogP contribution in [0, 0.1) is 11.7 Å². The van der Waals surface area contributed by atoms with Gasteiger partial charge in [-0.1, -0.05) is 6.92 Å². The molecular weight excluding hydrogens is 339 g/mol. The second-order valence-electron chi connectivity index (χ2n) is 6.58. The van der Waals surface area contributed by atoms with Crippen molar-refractivity contribution in [2.45, 2.75) is 32.7 Å². The number of nitrogens with zero attached hydrogens (tertiary/aromatic N) is 2. The first-order valence-electron chi connectivity index (χ1n) is 8.50. The first-order valence-corrected chi connectivity index (χ1v) is 9.31. The van der Waals surface area contributed by atoms with Crippen LogP contribution in [0.2, 0.25) is 0 Å². The highest BCUT2D eigenvalue weighted by Crippen LogP contribution is 2.35. The number of benzene rings is 1. The Morgan fingerprint density at radius 1 is 1.36 bits per heavy atom. The lowest BCUT2D eigenvalue weighted by molar-refractivity contribution is 0.295. The van der Waals surface area contributed by atoms with E-state index in [1.807, 2.05) is 0 Å². The molecule has 1 aliphatic rings. The number of fused-ring (bicyclic) bond motifs is 3. The number of aryl methyl sites for hydroxylation is 1. The number of ether oxygens (including phenoxy) is 1. The number of halogens is 1. The van der Waals surface area contributed by atoms with E-state index in [4.69, 9.17) is 4.74 Å². The van der Waals surface area contributed by atoms with Gasteiger partial charge in [-0.05, 0) is 55.0 Å². The van der Waals surface area contributed by atoms with Gasteiger partial charge in [-0.2, -0.15) is 0 Å². The minimum absolute atomic E-state index is 0.0137. The fourth-order valence-electron chi connectivity index (χ4n) is 3.32. The zero-order valence-electron chi connectivity index (χ0n) is 14.0. The van der Waals surface area contributed by atoms with E-state index in [9.17, 15) is 9.18 Å². The lowest BCUT2D eigenvalue weighted by atomic mass is 9.89. The van der Waals surface area contributed by atoms with Crippen molar-refractivity contribution in [3.05, 3.63) is 57.2 Å². The maximum absolute atomic E-state index is 12.9. The van der Waals surface area contributed by atoms with Gasteiger partial charge in [0.15, 0.2) is 0 Å². The molecule has 0 N–H and O–H groups in total. The Labute approximate surface area is 148 Å². The number of hydrogen-bond donors (Lipinski definition) is 0. The van der Waals surface area contributed by atoms with E-state index < -0.39 is 0 Å². The number of rotatable bonds is 4. The van der Waals surface area contributed by atoms with Gasteiger partial charge in [-0.15, -0.1) is 11.3 Å². The third-order valence-corrected chi connectivity index (χ3v) is 5.86. The Morgan fingerprint density at radius 2 is 2.16 bits per heavy atom. The van der Waals surface area contributed by atoms with Crippen LogP contribution in [-0.4, -0.2) is 16.2 Å². The van der Waals surface area contributed by atoms with E-state index in [-0.39, 0.29) is 11.4 Å². The van der Waals surface area contributed by atoms with Crippen molar-refractivity contribution >= 4 is 21.6 Å². The van der Waals surface area contributed by atoms with Gasteiger partial charge >= 0.3 is 0 Å². The zero-order chi connectivity index (χ0) is 17.4. The van der Waals surface area contributed by atoms with Gasteiger partial charge in [0.05, 0.1) is 18.3 Å². The summed E-state index contributed by atoms with van der Waals surface area (Å²) in [6, 6.07) is 5.87. The average Bonchev–Trinajstić information content (AvgIpc) is 2.97. The van der Waals surface area contributed by atoms with Gasteiger partial charge in [0.25, 0.3) is 5.56 Å². The molecule has 25 heavy (non-hydrogen) atoms. The van der Waals surface area contributed by atoms with Crippen molar-refractivity contribution in [3.8, 4) is 5.75 Å². The smallest absolute Gasteiger partial charge is 0.262 e. The predicted octanol–water partition coefficient (Wildman–Crippen LogP) is 3.80. The Kier molecular flexibility index (Phi) is 4.29. The summed E-state index contributed by atoms with van der Waals surface area (Å²) in [6.07, 6.45) is 4.73. The molecule has 1 aliphatic carbocycles. The van der Waals surface area contributed by atoms with Crippen molar-refractivity contribution < 1.29 is 9.13 Å². The lowest BCUT2D eigenvalue weighted by Crippen LogP contribution is -2.24. The van der Waals surface area contributed by atoms with E-state index >= 15 is 0 Å². The van der Waals surface area contributed by atoms with Gasteiger partial charge in [0.2, 0.25) is 0 Å². The summed E-state index contributed by atoms with van der Waals surface area (Å²) in [5.74, 6) is 0.965. The molecule has 6 heteroatoms. The van der Waals surface area contributed by atoms with Crippen LogP contribution in [0.5, 0.6) is 5.75 Å². The summed E-state index contributed by atoms with van der Waals surface area (Å²) in [5, 5.41) is 0.788. The maximum Gasteiger partial charge on any atom is 0.262 e. The first-order chi connectivity index (χ1) is 12.1. The van der Waals surface area contributed by atoms with Gasteiger partial charge < -0.3 is 4.74 Å². The molecule has 4 rings (SSSR count). The molecule has 3 aromatic rings. The number of aromatic nitrogens is 2. The van der Waals surface area contributed by atoms with Crippen LogP contribution in [0.25, 0.3) is 10.2 Å². The largest absolute Gasteiger partial charge is 0.492 e. The van der Waals surface area contributed by atoms with Crippen LogP contribution in [0.15, 0.2) is 35.4 Å². The topological polar surface area (TPSA) is 44.1 Å². The quantitative estimate of drug-likeness (QED) is 0.712. The molecular formula is C19H19FN2O2S. The lowest BCUT2D eigenvalue weighted by Gasteiger charge is -2.17. The van der Waals surface area contributed by atoms with E-state index in [1.165, 1.54) is 22.6 Å². The second-order valence-corrected chi connectivity index (χ2v) is 7.66. The minimum atomic E-state index is -0.297. The Balaban J connectivity index is 1.55. The summed E-state index contributed by atoms with van der Waals surface area (Å²) in [6.45, 7) is 3.01. The summed E-state index contributed by atoms with van der Waals surface area (Å²) < 4.78 is 20.1. The molecule has 4 nitrogen and oxygen atoms in total. The third-order valence-electron chi connectivity index (χ3n) is 4.70. The fourth-order valence-corrected chi connectivity index (χ4v) is 4.66. The molecule has 2 heterocycles. The minimum Gasteiger partial charge on any atom is -0.492 e. The summed E-state index contributed by atoms with van der Waals surface area (Å²) in [5.41, 5.74) is 1.21. The summed E-state index contributed by atoms with van der Waals surface area (Å²) in [4.78, 5) is 19.5. The van der Waals surface area contributed by atoms with Crippen LogP contribution in [-0.2, 0) is 19.4 Å². The standard InChI is InChI=1S/C19H19FN2O2S/c1-12-2-7-15-16(10-12)25-18-17(15)19(23)22(11-21-18)8-9-24-14-5-3-13(20)4-6-14/h3-6,11-12H,2,7-10H2,1H3/t12-/m1/s1. The molecule has 0 saturated heterocycles. The molecule has 2 aromatic heterocycles. The Hall–Kier alpha value is -2.21. The highest BCUT2D eigenvalue weighted by molar-refractivity contribution is 7.18. The van der Waals surface area contributed by atoms with E-state index in [1.54, 1.807) is 34.4 Å². The average molecular weight is 358 g/mol. The van der Waals surface area contributed by atoms with Crippen LogP contribution >= 0.6 is 11.3 Å². The monoisotopic (exact) mass is 358 g/mol. The first kappa shape index (κ1) is 16.3. The highest BCUT2D eigenvalue weighted by Gasteiger charge is 2.23. The number of thiophene rings is 1. The van der Waals surface area contributed by atoms with Gasteiger partial charge in [0, 0.05) is 4.88 Å². The molecule has 0 radical (unpaired) electrons. The van der Waals surface area contributed by atoms with E-state index in [0.717, 1.165) is 29.5 Å². The molecule has 0 amide bonds.